The van der Waals surface area contributed by atoms with Crippen molar-refractivity contribution in [1.29, 1.82) is 0 Å². The number of piperidine rings is 1. The Kier molecular flexibility index (Phi) is 11.3. The number of hydrogen-bond acceptors (Lipinski definition) is 10. The van der Waals surface area contributed by atoms with E-state index in [0.717, 1.165) is 5.56 Å². The summed E-state index contributed by atoms with van der Waals surface area (Å²) in [5.74, 6) is -0.521. The predicted molar refractivity (Wildman–Crippen MR) is 166 cm³/mol. The highest BCUT2D eigenvalue weighted by Crippen LogP contribution is 2.24. The van der Waals surface area contributed by atoms with Crippen molar-refractivity contribution in [3.05, 3.63) is 42.1 Å². The highest BCUT2D eigenvalue weighted by molar-refractivity contribution is 5.97. The van der Waals surface area contributed by atoms with Crippen molar-refractivity contribution in [3.63, 3.8) is 0 Å². The lowest BCUT2D eigenvalue weighted by Crippen LogP contribution is -2.56. The third-order valence-corrected chi connectivity index (χ3v) is 7.54. The molecule has 0 bridgehead atoms. The van der Waals surface area contributed by atoms with Gasteiger partial charge in [0.1, 0.15) is 23.2 Å². The van der Waals surface area contributed by atoms with Gasteiger partial charge in [-0.3, -0.25) is 14.4 Å². The lowest BCUT2D eigenvalue weighted by atomic mass is 10.1. The molecule has 1 atom stereocenters. The number of carbonyl (C=O) groups is 4. The van der Waals surface area contributed by atoms with Gasteiger partial charge in [-0.25, -0.2) is 14.8 Å². The molecule has 4 rings (SSSR count). The number of esters is 1. The molecule has 2 aromatic rings. The minimum absolute atomic E-state index is 0.0189. The zero-order chi connectivity index (χ0) is 32.6. The summed E-state index contributed by atoms with van der Waals surface area (Å²) in [6.07, 6.45) is 0.280. The number of benzene rings is 1. The fraction of sp³-hybridized carbons (Fsp3) is 0.562. The van der Waals surface area contributed by atoms with Crippen molar-refractivity contribution in [2.75, 3.05) is 50.8 Å². The van der Waals surface area contributed by atoms with Crippen molar-refractivity contribution in [3.8, 4) is 11.4 Å². The van der Waals surface area contributed by atoms with Crippen LogP contribution in [0.5, 0.6) is 0 Å². The van der Waals surface area contributed by atoms with E-state index in [-0.39, 0.29) is 63.3 Å². The second-order valence-electron chi connectivity index (χ2n) is 12.2. The van der Waals surface area contributed by atoms with E-state index < -0.39 is 29.6 Å². The number of carbonyl (C=O) groups excluding carboxylic acids is 4. The summed E-state index contributed by atoms with van der Waals surface area (Å²) in [5, 5.41) is 12.8. The molecule has 1 aromatic heterocycles. The van der Waals surface area contributed by atoms with Crippen LogP contribution in [-0.4, -0.2) is 112 Å². The number of anilines is 1. The molecule has 0 radical (unpaired) electrons. The summed E-state index contributed by atoms with van der Waals surface area (Å²) in [5.41, 5.74) is 0.105. The number of hydrogen-bond donors (Lipinski definition) is 2. The van der Waals surface area contributed by atoms with Crippen LogP contribution in [0.25, 0.3) is 11.4 Å². The smallest absolute Gasteiger partial charge is 0.409 e. The molecule has 2 aliphatic rings. The lowest BCUT2D eigenvalue weighted by Gasteiger charge is -2.36. The first-order valence-corrected chi connectivity index (χ1v) is 15.5. The molecule has 0 saturated carbocycles. The number of aromatic nitrogens is 2. The molecule has 2 N–H and O–H groups in total. The maximum absolute atomic E-state index is 13.8. The van der Waals surface area contributed by atoms with E-state index in [1.807, 2.05) is 35.2 Å². The van der Waals surface area contributed by atoms with Crippen LogP contribution < -0.4 is 10.2 Å². The second kappa shape index (κ2) is 15.2. The van der Waals surface area contributed by atoms with E-state index in [9.17, 15) is 24.3 Å². The Morgan fingerprint density at radius 3 is 2.24 bits per heavy atom. The summed E-state index contributed by atoms with van der Waals surface area (Å²) in [6.45, 7) is 9.51. The fourth-order valence-corrected chi connectivity index (χ4v) is 5.21. The molecule has 3 heterocycles. The Bertz CT molecular complexity index is 1330. The Morgan fingerprint density at radius 2 is 1.62 bits per heavy atom. The normalized spacial score (nSPS) is 16.6. The Labute approximate surface area is 263 Å². The molecular formula is C32H44N6O7. The number of amides is 3. The van der Waals surface area contributed by atoms with Crippen LogP contribution >= 0.6 is 0 Å². The van der Waals surface area contributed by atoms with E-state index in [2.05, 4.69) is 10.3 Å². The highest BCUT2D eigenvalue weighted by atomic mass is 16.6. The molecule has 2 fully saturated rings. The number of ether oxygens (including phenoxy) is 2. The van der Waals surface area contributed by atoms with E-state index >= 15 is 0 Å². The number of nitrogens with one attached hydrogen (secondary N) is 1. The van der Waals surface area contributed by atoms with Crippen LogP contribution in [0.15, 0.2) is 36.4 Å². The van der Waals surface area contributed by atoms with Crippen LogP contribution in [0.4, 0.5) is 10.6 Å². The van der Waals surface area contributed by atoms with Gasteiger partial charge >= 0.3 is 12.1 Å². The molecule has 244 valence electrons. The van der Waals surface area contributed by atoms with Gasteiger partial charge in [-0.15, -0.1) is 0 Å². The average molecular weight is 625 g/mol. The molecule has 45 heavy (non-hydrogen) atoms. The fourth-order valence-electron chi connectivity index (χ4n) is 5.21. The van der Waals surface area contributed by atoms with Gasteiger partial charge in [0.05, 0.1) is 12.7 Å². The van der Waals surface area contributed by atoms with Gasteiger partial charge in [0, 0.05) is 57.3 Å². The van der Waals surface area contributed by atoms with Crippen LogP contribution in [0.3, 0.4) is 0 Å². The second-order valence-corrected chi connectivity index (χ2v) is 12.2. The summed E-state index contributed by atoms with van der Waals surface area (Å²) in [4.78, 5) is 66.7. The molecule has 13 nitrogen and oxygen atoms in total. The third kappa shape index (κ3) is 9.61. The highest BCUT2D eigenvalue weighted by Gasteiger charge is 2.32. The van der Waals surface area contributed by atoms with Gasteiger partial charge in [-0.2, -0.15) is 0 Å². The topological polar surface area (TPSA) is 154 Å². The number of aliphatic hydroxyl groups is 1. The van der Waals surface area contributed by atoms with Gasteiger partial charge in [0.15, 0.2) is 5.82 Å². The summed E-state index contributed by atoms with van der Waals surface area (Å²) in [6, 6.07) is 9.84. The molecule has 3 amide bonds. The average Bonchev–Trinajstić information content (AvgIpc) is 3.02. The predicted octanol–water partition coefficient (Wildman–Crippen LogP) is 2.63. The standard InChI is InChI=1S/C32H44N6O7/c1-5-44-31(43)38-19-17-37(18-20-38)30(42)24(11-12-27(40)45-32(2,3)4)34-29(41)25-21-26(36-15-13-23(39)14-16-36)35-28(33-25)22-9-7-6-8-10-22/h6-10,21,23-24,39H,5,11-20H2,1-4H3,(H,34,41)/t24-/m0/s1. The monoisotopic (exact) mass is 624 g/mol. The SMILES string of the molecule is CCOC(=O)N1CCN(C(=O)[C@H](CCC(=O)OC(C)(C)C)NC(=O)c2cc(N3CCC(O)CC3)nc(-c3ccccc3)n2)CC1. The zero-order valence-corrected chi connectivity index (χ0v) is 26.5. The molecule has 13 heteroatoms. The van der Waals surface area contributed by atoms with E-state index in [4.69, 9.17) is 14.5 Å². The summed E-state index contributed by atoms with van der Waals surface area (Å²) >= 11 is 0. The number of piperazine rings is 1. The largest absolute Gasteiger partial charge is 0.460 e. The third-order valence-electron chi connectivity index (χ3n) is 7.54. The number of aliphatic hydroxyl groups excluding tert-OH is 1. The molecule has 0 unspecified atom stereocenters. The Balaban J connectivity index is 1.56. The quantitative estimate of drug-likeness (QED) is 0.398. The maximum atomic E-state index is 13.8. The van der Waals surface area contributed by atoms with Crippen LogP contribution in [0.1, 0.15) is 63.9 Å². The molecule has 0 aliphatic carbocycles. The van der Waals surface area contributed by atoms with Crippen molar-refractivity contribution < 1.29 is 33.8 Å². The number of nitrogens with zero attached hydrogens (tertiary/aromatic N) is 5. The first-order valence-electron chi connectivity index (χ1n) is 15.5. The van der Waals surface area contributed by atoms with Crippen molar-refractivity contribution in [2.24, 2.45) is 0 Å². The molecule has 0 spiro atoms. The van der Waals surface area contributed by atoms with Crippen LogP contribution in [-0.2, 0) is 19.1 Å². The first kappa shape index (κ1) is 33.6. The lowest BCUT2D eigenvalue weighted by molar-refractivity contribution is -0.155. The van der Waals surface area contributed by atoms with E-state index in [1.54, 1.807) is 38.7 Å². The van der Waals surface area contributed by atoms with E-state index in [0.29, 0.717) is 37.6 Å². The molecule has 1 aromatic carbocycles. The van der Waals surface area contributed by atoms with Gasteiger partial charge in [-0.05, 0) is 47.0 Å². The molecule has 2 aliphatic heterocycles. The minimum Gasteiger partial charge on any atom is -0.460 e. The Morgan fingerprint density at radius 1 is 0.978 bits per heavy atom. The Hall–Kier alpha value is -4.26. The number of rotatable bonds is 9. The van der Waals surface area contributed by atoms with Crippen molar-refractivity contribution >= 4 is 29.7 Å². The van der Waals surface area contributed by atoms with Gasteiger partial charge in [0.25, 0.3) is 5.91 Å². The first-order chi connectivity index (χ1) is 21.4. The summed E-state index contributed by atoms with van der Waals surface area (Å²) < 4.78 is 10.5. The van der Waals surface area contributed by atoms with Gasteiger partial charge in [-0.1, -0.05) is 30.3 Å². The molecular weight excluding hydrogens is 580 g/mol. The maximum Gasteiger partial charge on any atom is 0.409 e. The van der Waals surface area contributed by atoms with Crippen LogP contribution in [0, 0.1) is 0 Å². The van der Waals surface area contributed by atoms with Crippen molar-refractivity contribution in [1.82, 2.24) is 25.1 Å². The minimum atomic E-state index is -1.04. The van der Waals surface area contributed by atoms with E-state index in [1.165, 1.54) is 4.90 Å². The van der Waals surface area contributed by atoms with Gasteiger partial charge in [0.2, 0.25) is 5.91 Å². The zero-order valence-electron chi connectivity index (χ0n) is 26.5. The van der Waals surface area contributed by atoms with Crippen molar-refractivity contribution in [2.45, 2.75) is 71.1 Å². The summed E-state index contributed by atoms with van der Waals surface area (Å²) in [7, 11) is 0. The van der Waals surface area contributed by atoms with Crippen LogP contribution in [0.2, 0.25) is 0 Å². The molecule has 2 saturated heterocycles. The van der Waals surface area contributed by atoms with Gasteiger partial charge < -0.3 is 34.6 Å².